The van der Waals surface area contributed by atoms with Gasteiger partial charge in [0.1, 0.15) is 5.82 Å². The summed E-state index contributed by atoms with van der Waals surface area (Å²) in [5.41, 5.74) is 1.89. The Kier molecular flexibility index (Phi) is 4.84. The normalized spacial score (nSPS) is 10.3. The molecule has 1 amide bonds. The number of halogens is 2. The maximum atomic E-state index is 13.7. The molecule has 3 nitrogen and oxygen atoms in total. The van der Waals surface area contributed by atoms with Crippen LogP contribution in [0.5, 0.6) is 0 Å². The highest BCUT2D eigenvalue weighted by atomic mass is 79.9. The highest BCUT2D eigenvalue weighted by Crippen LogP contribution is 2.19. The monoisotopic (exact) mass is 336 g/mol. The van der Waals surface area contributed by atoms with E-state index in [1.54, 1.807) is 18.3 Å². The molecule has 1 aromatic carbocycles. The molecule has 0 unspecified atom stereocenters. The van der Waals surface area contributed by atoms with E-state index in [1.807, 2.05) is 19.1 Å². The molecule has 1 heterocycles. The Labute approximate surface area is 125 Å². The van der Waals surface area contributed by atoms with E-state index in [0.717, 1.165) is 17.7 Å². The zero-order valence-corrected chi connectivity index (χ0v) is 12.6. The van der Waals surface area contributed by atoms with Gasteiger partial charge in [-0.15, -0.1) is 0 Å². The molecule has 0 aliphatic carbocycles. The maximum absolute atomic E-state index is 13.7. The number of aromatic nitrogens is 1. The van der Waals surface area contributed by atoms with Crippen molar-refractivity contribution < 1.29 is 9.18 Å². The fourth-order valence-electron chi connectivity index (χ4n) is 1.92. The van der Waals surface area contributed by atoms with E-state index in [-0.39, 0.29) is 12.1 Å². The SMILES string of the molecule is CCc1cccnc1CNC(=O)c1c(F)cccc1Br. The van der Waals surface area contributed by atoms with Crippen LogP contribution in [0.2, 0.25) is 0 Å². The zero-order valence-electron chi connectivity index (χ0n) is 11.0. The van der Waals surface area contributed by atoms with Gasteiger partial charge in [-0.05, 0) is 46.1 Å². The largest absolute Gasteiger partial charge is 0.346 e. The molecule has 0 atom stereocenters. The van der Waals surface area contributed by atoms with Crippen molar-refractivity contribution in [2.75, 3.05) is 0 Å². The van der Waals surface area contributed by atoms with E-state index in [0.29, 0.717) is 4.47 Å². The summed E-state index contributed by atoms with van der Waals surface area (Å²) >= 11 is 3.19. The second-order valence-corrected chi connectivity index (χ2v) is 5.10. The van der Waals surface area contributed by atoms with Gasteiger partial charge in [0.25, 0.3) is 5.91 Å². The molecule has 0 fully saturated rings. The Morgan fingerprint density at radius 2 is 2.15 bits per heavy atom. The van der Waals surface area contributed by atoms with E-state index >= 15 is 0 Å². The topological polar surface area (TPSA) is 42.0 Å². The van der Waals surface area contributed by atoms with Crippen molar-refractivity contribution in [3.05, 3.63) is 63.6 Å². The van der Waals surface area contributed by atoms with E-state index in [2.05, 4.69) is 26.2 Å². The van der Waals surface area contributed by atoms with Gasteiger partial charge in [-0.3, -0.25) is 9.78 Å². The number of amides is 1. The molecule has 0 bridgehead atoms. The summed E-state index contributed by atoms with van der Waals surface area (Å²) < 4.78 is 14.1. The zero-order chi connectivity index (χ0) is 14.5. The van der Waals surface area contributed by atoms with Gasteiger partial charge < -0.3 is 5.32 Å². The lowest BCUT2D eigenvalue weighted by atomic mass is 10.1. The van der Waals surface area contributed by atoms with Crippen molar-refractivity contribution in [1.82, 2.24) is 10.3 Å². The molecule has 0 saturated carbocycles. The van der Waals surface area contributed by atoms with Crippen LogP contribution < -0.4 is 5.32 Å². The summed E-state index contributed by atoms with van der Waals surface area (Å²) in [6.07, 6.45) is 2.52. The number of hydrogen-bond donors (Lipinski definition) is 1. The minimum atomic E-state index is -0.548. The van der Waals surface area contributed by atoms with Gasteiger partial charge in [0, 0.05) is 10.7 Å². The molecule has 2 aromatic rings. The lowest BCUT2D eigenvalue weighted by Gasteiger charge is -2.09. The summed E-state index contributed by atoms with van der Waals surface area (Å²) in [5, 5.41) is 2.70. The van der Waals surface area contributed by atoms with E-state index in [4.69, 9.17) is 0 Å². The lowest BCUT2D eigenvalue weighted by Crippen LogP contribution is -2.25. The fraction of sp³-hybridized carbons (Fsp3) is 0.200. The molecule has 0 radical (unpaired) electrons. The highest BCUT2D eigenvalue weighted by molar-refractivity contribution is 9.10. The van der Waals surface area contributed by atoms with Crippen LogP contribution in [0, 0.1) is 5.82 Å². The number of hydrogen-bond acceptors (Lipinski definition) is 2. The predicted molar refractivity (Wildman–Crippen MR) is 78.9 cm³/mol. The molecule has 5 heteroatoms. The molecule has 0 aliphatic rings. The van der Waals surface area contributed by atoms with E-state index < -0.39 is 11.7 Å². The van der Waals surface area contributed by atoms with Crippen LogP contribution >= 0.6 is 15.9 Å². The van der Waals surface area contributed by atoms with Gasteiger partial charge in [0.15, 0.2) is 0 Å². The maximum Gasteiger partial charge on any atom is 0.255 e. The molecule has 1 aromatic heterocycles. The molecule has 104 valence electrons. The standard InChI is InChI=1S/C15H14BrFN2O/c1-2-10-5-4-8-18-13(10)9-19-15(20)14-11(16)6-3-7-12(14)17/h3-8H,2,9H2,1H3,(H,19,20). The van der Waals surface area contributed by atoms with Crippen LogP contribution in [0.3, 0.4) is 0 Å². The van der Waals surface area contributed by atoms with Crippen LogP contribution in [-0.2, 0) is 13.0 Å². The van der Waals surface area contributed by atoms with Crippen molar-refractivity contribution in [3.8, 4) is 0 Å². The van der Waals surface area contributed by atoms with Gasteiger partial charge in [0.05, 0.1) is 17.8 Å². The van der Waals surface area contributed by atoms with Crippen molar-refractivity contribution in [2.45, 2.75) is 19.9 Å². The summed E-state index contributed by atoms with van der Waals surface area (Å²) in [6, 6.07) is 8.27. The fourth-order valence-corrected chi connectivity index (χ4v) is 2.44. The summed E-state index contributed by atoms with van der Waals surface area (Å²) in [4.78, 5) is 16.3. The summed E-state index contributed by atoms with van der Waals surface area (Å²) in [6.45, 7) is 2.30. The highest BCUT2D eigenvalue weighted by Gasteiger charge is 2.15. The first-order valence-corrected chi connectivity index (χ1v) is 7.07. The second-order valence-electron chi connectivity index (χ2n) is 4.24. The van der Waals surface area contributed by atoms with Crippen LogP contribution in [-0.4, -0.2) is 10.9 Å². The number of rotatable bonds is 4. The number of nitrogens with zero attached hydrogens (tertiary/aromatic N) is 1. The number of pyridine rings is 1. The molecule has 0 spiro atoms. The Morgan fingerprint density at radius 3 is 2.85 bits per heavy atom. The van der Waals surface area contributed by atoms with Gasteiger partial charge in [-0.25, -0.2) is 4.39 Å². The van der Waals surface area contributed by atoms with Crippen molar-refractivity contribution in [2.24, 2.45) is 0 Å². The quantitative estimate of drug-likeness (QED) is 0.928. The van der Waals surface area contributed by atoms with Crippen LogP contribution in [0.15, 0.2) is 41.0 Å². The molecule has 20 heavy (non-hydrogen) atoms. The van der Waals surface area contributed by atoms with Crippen LogP contribution in [0.4, 0.5) is 4.39 Å². The minimum absolute atomic E-state index is 0.0153. The van der Waals surface area contributed by atoms with Crippen molar-refractivity contribution >= 4 is 21.8 Å². The predicted octanol–water partition coefficient (Wildman–Crippen LogP) is 3.48. The Morgan fingerprint density at radius 1 is 1.35 bits per heavy atom. The smallest absolute Gasteiger partial charge is 0.255 e. The first-order chi connectivity index (χ1) is 9.63. The van der Waals surface area contributed by atoms with Gasteiger partial charge in [-0.2, -0.15) is 0 Å². The second kappa shape index (κ2) is 6.61. The lowest BCUT2D eigenvalue weighted by molar-refractivity contribution is 0.0945. The Bertz CT molecular complexity index is 611. The minimum Gasteiger partial charge on any atom is -0.346 e. The Hall–Kier alpha value is -1.75. The number of aryl methyl sites for hydroxylation is 1. The van der Waals surface area contributed by atoms with E-state index in [1.165, 1.54) is 6.07 Å². The molecule has 0 saturated heterocycles. The number of nitrogens with one attached hydrogen (secondary N) is 1. The summed E-state index contributed by atoms with van der Waals surface area (Å²) in [7, 11) is 0. The van der Waals surface area contributed by atoms with Crippen LogP contribution in [0.1, 0.15) is 28.5 Å². The van der Waals surface area contributed by atoms with Gasteiger partial charge in [0.2, 0.25) is 0 Å². The third kappa shape index (κ3) is 3.22. The Balaban J connectivity index is 2.13. The third-order valence-corrected chi connectivity index (χ3v) is 3.63. The third-order valence-electron chi connectivity index (χ3n) is 2.97. The first kappa shape index (κ1) is 14.7. The van der Waals surface area contributed by atoms with Crippen LogP contribution in [0.25, 0.3) is 0 Å². The van der Waals surface area contributed by atoms with Crippen molar-refractivity contribution in [3.63, 3.8) is 0 Å². The van der Waals surface area contributed by atoms with Gasteiger partial charge in [-0.1, -0.05) is 19.1 Å². The summed E-state index contributed by atoms with van der Waals surface area (Å²) in [5.74, 6) is -1.00. The molecule has 1 N–H and O–H groups in total. The van der Waals surface area contributed by atoms with Gasteiger partial charge >= 0.3 is 0 Å². The number of carbonyl (C=O) groups excluding carboxylic acids is 1. The molecule has 0 aliphatic heterocycles. The molecular formula is C15H14BrFN2O. The first-order valence-electron chi connectivity index (χ1n) is 6.28. The number of benzene rings is 1. The molecule has 2 rings (SSSR count). The average molecular weight is 337 g/mol. The number of carbonyl (C=O) groups is 1. The van der Waals surface area contributed by atoms with Crippen molar-refractivity contribution in [1.29, 1.82) is 0 Å². The molecular weight excluding hydrogens is 323 g/mol. The van der Waals surface area contributed by atoms with E-state index in [9.17, 15) is 9.18 Å². The average Bonchev–Trinajstić information content (AvgIpc) is 2.45.